The third kappa shape index (κ3) is 4.40. The summed E-state index contributed by atoms with van der Waals surface area (Å²) in [5.74, 6) is 0. The van der Waals surface area contributed by atoms with Crippen molar-refractivity contribution in [3.8, 4) is 0 Å². The molecule has 21 heavy (non-hydrogen) atoms. The average molecular weight is 313 g/mol. The zero-order valence-corrected chi connectivity index (χ0v) is 15.6. The standard InChI is InChI=1S/C18H26NSi2/c1-19(20(2)3)21(4,15-17-11-7-5-8-12-17)16-18-13-9-6-10-14-18/h5-14H,15-16H2,1-4H3. The van der Waals surface area contributed by atoms with Crippen LogP contribution in [0.15, 0.2) is 60.7 Å². The van der Waals surface area contributed by atoms with E-state index in [4.69, 9.17) is 0 Å². The molecule has 0 fully saturated rings. The van der Waals surface area contributed by atoms with E-state index < -0.39 is 17.2 Å². The van der Waals surface area contributed by atoms with E-state index in [0.29, 0.717) is 0 Å². The SMILES string of the molecule is CN([Si](C)C)[Si](C)(Cc1ccccc1)Cc1ccccc1. The van der Waals surface area contributed by atoms with Gasteiger partial charge in [0, 0.05) is 0 Å². The van der Waals surface area contributed by atoms with Crippen LogP contribution in [-0.2, 0) is 12.1 Å². The van der Waals surface area contributed by atoms with Gasteiger partial charge in [0.15, 0.2) is 0 Å². The van der Waals surface area contributed by atoms with Crippen LogP contribution in [0, 0.1) is 0 Å². The number of hydrogen-bond donors (Lipinski definition) is 0. The van der Waals surface area contributed by atoms with Crippen LogP contribution in [0.4, 0.5) is 0 Å². The molecule has 111 valence electrons. The van der Waals surface area contributed by atoms with Crippen LogP contribution in [0.25, 0.3) is 0 Å². The number of hydrogen-bond acceptors (Lipinski definition) is 1. The molecule has 0 unspecified atom stereocenters. The molecular formula is C18H26NSi2. The van der Waals surface area contributed by atoms with E-state index in [0.717, 1.165) is 0 Å². The van der Waals surface area contributed by atoms with Crippen LogP contribution in [0.2, 0.25) is 19.6 Å². The van der Waals surface area contributed by atoms with E-state index >= 15 is 0 Å². The molecule has 0 saturated carbocycles. The molecule has 0 spiro atoms. The second-order valence-electron chi connectivity index (χ2n) is 6.33. The topological polar surface area (TPSA) is 3.24 Å². The molecule has 2 rings (SSSR count). The molecule has 0 aliphatic carbocycles. The highest BCUT2D eigenvalue weighted by atomic mass is 28.4. The minimum absolute atomic E-state index is 0.412. The Morgan fingerprint density at radius 2 is 1.19 bits per heavy atom. The van der Waals surface area contributed by atoms with Gasteiger partial charge in [-0.1, -0.05) is 80.3 Å². The fourth-order valence-corrected chi connectivity index (χ4v) is 10.5. The molecule has 0 aliphatic heterocycles. The zero-order valence-electron chi connectivity index (χ0n) is 13.6. The number of nitrogens with zero attached hydrogens (tertiary/aromatic N) is 1. The van der Waals surface area contributed by atoms with Crippen molar-refractivity contribution < 1.29 is 0 Å². The Balaban J connectivity index is 2.26. The fraction of sp³-hybridized carbons (Fsp3) is 0.333. The van der Waals surface area contributed by atoms with E-state index in [9.17, 15) is 0 Å². The van der Waals surface area contributed by atoms with Crippen LogP contribution < -0.4 is 0 Å². The molecule has 1 radical (unpaired) electrons. The van der Waals surface area contributed by atoms with E-state index in [1.54, 1.807) is 0 Å². The summed E-state index contributed by atoms with van der Waals surface area (Å²) in [5.41, 5.74) is 2.97. The fourth-order valence-electron chi connectivity index (χ4n) is 2.91. The minimum atomic E-state index is -1.52. The Kier molecular flexibility index (Phi) is 5.56. The quantitative estimate of drug-likeness (QED) is 0.719. The smallest absolute Gasteiger partial charge is 0.127 e. The van der Waals surface area contributed by atoms with Crippen molar-refractivity contribution in [2.75, 3.05) is 7.05 Å². The van der Waals surface area contributed by atoms with E-state index in [-0.39, 0.29) is 0 Å². The van der Waals surface area contributed by atoms with Crippen LogP contribution in [0.3, 0.4) is 0 Å². The molecule has 0 saturated heterocycles. The highest BCUT2D eigenvalue weighted by molar-refractivity contribution is 6.83. The molecule has 0 bridgehead atoms. The van der Waals surface area contributed by atoms with Crippen LogP contribution in [0.1, 0.15) is 11.1 Å². The zero-order chi connectivity index (χ0) is 15.3. The average Bonchev–Trinajstić information content (AvgIpc) is 2.48. The Bertz CT molecular complexity index is 498. The molecule has 0 heterocycles. The van der Waals surface area contributed by atoms with Gasteiger partial charge in [0.25, 0.3) is 0 Å². The van der Waals surface area contributed by atoms with Crippen molar-refractivity contribution in [2.45, 2.75) is 31.7 Å². The minimum Gasteiger partial charge on any atom is -0.349 e. The maximum absolute atomic E-state index is 2.75. The summed E-state index contributed by atoms with van der Waals surface area (Å²) in [6, 6.07) is 24.5. The van der Waals surface area contributed by atoms with Crippen molar-refractivity contribution in [1.29, 1.82) is 0 Å². The lowest BCUT2D eigenvalue weighted by atomic mass is 10.2. The first-order valence-electron chi connectivity index (χ1n) is 7.63. The highest BCUT2D eigenvalue weighted by Crippen LogP contribution is 2.21. The van der Waals surface area contributed by atoms with Crippen molar-refractivity contribution in [3.63, 3.8) is 0 Å². The van der Waals surface area contributed by atoms with Gasteiger partial charge in [-0.15, -0.1) is 0 Å². The summed E-state index contributed by atoms with van der Waals surface area (Å²) in [5, 5.41) is 0. The number of rotatable bonds is 6. The molecule has 3 heteroatoms. The van der Waals surface area contributed by atoms with E-state index in [2.05, 4.69) is 91.6 Å². The Morgan fingerprint density at radius 3 is 1.52 bits per heavy atom. The molecule has 0 amide bonds. The normalized spacial score (nSPS) is 12.1. The molecular weight excluding hydrogens is 286 g/mol. The lowest BCUT2D eigenvalue weighted by molar-refractivity contribution is 0.749. The summed E-state index contributed by atoms with van der Waals surface area (Å²) in [7, 11) is 0.423. The highest BCUT2D eigenvalue weighted by Gasteiger charge is 2.34. The first-order chi connectivity index (χ1) is 10.0. The molecule has 2 aromatic carbocycles. The Morgan fingerprint density at radius 1 is 0.810 bits per heavy atom. The summed E-state index contributed by atoms with van der Waals surface area (Å²) < 4.78 is 2.75. The maximum atomic E-state index is 2.75. The summed E-state index contributed by atoms with van der Waals surface area (Å²) in [4.78, 5) is 0. The van der Waals surface area contributed by atoms with Gasteiger partial charge in [-0.2, -0.15) is 0 Å². The van der Waals surface area contributed by atoms with Gasteiger partial charge in [-0.3, -0.25) is 0 Å². The summed E-state index contributed by atoms with van der Waals surface area (Å²) in [6.45, 7) is 7.36. The molecule has 0 aromatic heterocycles. The second kappa shape index (κ2) is 7.20. The van der Waals surface area contributed by atoms with Crippen molar-refractivity contribution in [3.05, 3.63) is 71.8 Å². The third-order valence-electron chi connectivity index (χ3n) is 4.34. The Labute approximate surface area is 132 Å². The number of benzene rings is 2. The van der Waals surface area contributed by atoms with Gasteiger partial charge in [0.2, 0.25) is 0 Å². The predicted molar refractivity (Wildman–Crippen MR) is 97.2 cm³/mol. The maximum Gasteiger partial charge on any atom is 0.127 e. The van der Waals surface area contributed by atoms with Gasteiger partial charge in [0.1, 0.15) is 17.2 Å². The molecule has 2 aromatic rings. The van der Waals surface area contributed by atoms with Crippen LogP contribution >= 0.6 is 0 Å². The van der Waals surface area contributed by atoms with Gasteiger partial charge in [-0.05, 0) is 30.3 Å². The predicted octanol–water partition coefficient (Wildman–Crippen LogP) is 4.31. The van der Waals surface area contributed by atoms with E-state index in [1.807, 2.05) is 0 Å². The summed E-state index contributed by atoms with van der Waals surface area (Å²) in [6.07, 6.45) is 0. The molecule has 0 N–H and O–H groups in total. The lowest BCUT2D eigenvalue weighted by Gasteiger charge is -2.40. The van der Waals surface area contributed by atoms with Gasteiger partial charge < -0.3 is 4.23 Å². The second-order valence-corrected chi connectivity index (χ2v) is 13.7. The lowest BCUT2D eigenvalue weighted by Crippen LogP contribution is -2.57. The van der Waals surface area contributed by atoms with Gasteiger partial charge in [0.05, 0.1) is 0 Å². The summed E-state index contributed by atoms with van der Waals surface area (Å²) >= 11 is 0. The molecule has 0 atom stereocenters. The molecule has 0 aliphatic rings. The van der Waals surface area contributed by atoms with Crippen LogP contribution in [0.5, 0.6) is 0 Å². The largest absolute Gasteiger partial charge is 0.349 e. The third-order valence-corrected chi connectivity index (χ3v) is 12.6. The Hall–Kier alpha value is -1.17. The van der Waals surface area contributed by atoms with Crippen LogP contribution in [-0.4, -0.2) is 28.5 Å². The van der Waals surface area contributed by atoms with Crippen molar-refractivity contribution in [2.24, 2.45) is 0 Å². The van der Waals surface area contributed by atoms with Crippen molar-refractivity contribution in [1.82, 2.24) is 4.23 Å². The van der Waals surface area contributed by atoms with E-state index in [1.165, 1.54) is 23.2 Å². The van der Waals surface area contributed by atoms with Gasteiger partial charge in [-0.25, -0.2) is 0 Å². The van der Waals surface area contributed by atoms with Crippen molar-refractivity contribution >= 4 is 17.2 Å². The first kappa shape index (κ1) is 16.2. The monoisotopic (exact) mass is 312 g/mol. The molecule has 1 nitrogen and oxygen atoms in total. The van der Waals surface area contributed by atoms with Gasteiger partial charge >= 0.3 is 0 Å². The first-order valence-corrected chi connectivity index (χ1v) is 12.9.